The van der Waals surface area contributed by atoms with Gasteiger partial charge in [0, 0.05) is 11.1 Å². The average Bonchev–Trinajstić information content (AvgIpc) is 3.35. The fourth-order valence-corrected chi connectivity index (χ4v) is 3.08. The number of hydrazine groups is 1. The molecule has 35 heavy (non-hydrogen) atoms. The van der Waals surface area contributed by atoms with Gasteiger partial charge in [0.1, 0.15) is 5.82 Å². The van der Waals surface area contributed by atoms with Gasteiger partial charge in [-0.05, 0) is 35.0 Å². The lowest BCUT2D eigenvalue weighted by Crippen LogP contribution is -2.46. The molecule has 3 amide bonds. The third-order valence-corrected chi connectivity index (χ3v) is 4.87. The molecule has 1 heterocycles. The third kappa shape index (κ3) is 6.11. The predicted octanol–water partition coefficient (Wildman–Crippen LogP) is 1.72. The summed E-state index contributed by atoms with van der Waals surface area (Å²) in [6.45, 7) is -0.0809. The summed E-state index contributed by atoms with van der Waals surface area (Å²) in [5, 5.41) is 14.7. The number of carbonyl (C=O) groups excluding carboxylic acids is 3. The van der Waals surface area contributed by atoms with E-state index in [4.69, 9.17) is 0 Å². The van der Waals surface area contributed by atoms with Crippen molar-refractivity contribution in [2.45, 2.75) is 6.54 Å². The van der Waals surface area contributed by atoms with Crippen LogP contribution in [0.5, 0.6) is 0 Å². The highest BCUT2D eigenvalue weighted by Crippen LogP contribution is 2.12. The Balaban J connectivity index is 1.24. The van der Waals surface area contributed by atoms with Gasteiger partial charge in [-0.15, -0.1) is 10.2 Å². The van der Waals surface area contributed by atoms with Crippen molar-refractivity contribution in [3.8, 4) is 11.4 Å². The number of nitrogens with zero attached hydrogens (tertiary/aromatic N) is 4. The van der Waals surface area contributed by atoms with Gasteiger partial charge in [0.2, 0.25) is 5.82 Å². The second-order valence-electron chi connectivity index (χ2n) is 7.37. The van der Waals surface area contributed by atoms with Crippen molar-refractivity contribution < 1.29 is 18.8 Å². The zero-order valence-corrected chi connectivity index (χ0v) is 18.3. The Bertz CT molecular complexity index is 1340. The van der Waals surface area contributed by atoms with E-state index in [0.717, 1.165) is 17.2 Å². The molecule has 0 bridgehead atoms. The highest BCUT2D eigenvalue weighted by atomic mass is 19.1. The van der Waals surface area contributed by atoms with Gasteiger partial charge in [0.05, 0.1) is 18.7 Å². The summed E-state index contributed by atoms with van der Waals surface area (Å²) in [5.74, 6) is -2.14. The fraction of sp³-hybridized carbons (Fsp3) is 0.0833. The number of nitrogens with one attached hydrogen (secondary N) is 3. The van der Waals surface area contributed by atoms with E-state index in [1.165, 1.54) is 23.0 Å². The molecule has 3 N–H and O–H groups in total. The summed E-state index contributed by atoms with van der Waals surface area (Å²) in [7, 11) is 0. The van der Waals surface area contributed by atoms with Gasteiger partial charge in [-0.2, -0.15) is 4.80 Å². The van der Waals surface area contributed by atoms with Gasteiger partial charge < -0.3 is 5.32 Å². The molecule has 0 aliphatic rings. The number of hydrogen-bond acceptors (Lipinski definition) is 6. The first kappa shape index (κ1) is 23.2. The van der Waals surface area contributed by atoms with Crippen molar-refractivity contribution in [1.82, 2.24) is 36.4 Å². The first-order valence-electron chi connectivity index (χ1n) is 10.5. The maximum absolute atomic E-state index is 13.6. The van der Waals surface area contributed by atoms with Crippen LogP contribution in [0.1, 0.15) is 26.3 Å². The summed E-state index contributed by atoms with van der Waals surface area (Å²) < 4.78 is 13.6. The lowest BCUT2D eigenvalue weighted by molar-refractivity contribution is -0.120. The first-order chi connectivity index (χ1) is 17.0. The van der Waals surface area contributed by atoms with Crippen molar-refractivity contribution in [2.24, 2.45) is 0 Å². The molecule has 3 aromatic carbocycles. The molecule has 0 atom stereocenters. The van der Waals surface area contributed by atoms with Gasteiger partial charge in [0.25, 0.3) is 17.7 Å². The quantitative estimate of drug-likeness (QED) is 0.350. The molecule has 11 heteroatoms. The zero-order chi connectivity index (χ0) is 24.6. The van der Waals surface area contributed by atoms with Crippen LogP contribution in [-0.2, 0) is 11.3 Å². The van der Waals surface area contributed by atoms with Crippen LogP contribution in [0.4, 0.5) is 4.39 Å². The number of aromatic nitrogens is 4. The highest BCUT2D eigenvalue weighted by Gasteiger charge is 2.13. The highest BCUT2D eigenvalue weighted by molar-refractivity contribution is 5.98. The molecule has 0 saturated carbocycles. The van der Waals surface area contributed by atoms with Crippen LogP contribution in [0.15, 0.2) is 78.9 Å². The minimum absolute atomic E-state index is 0.179. The number of hydrogen-bond donors (Lipinski definition) is 3. The maximum atomic E-state index is 13.6. The smallest absolute Gasteiger partial charge is 0.269 e. The van der Waals surface area contributed by atoms with Gasteiger partial charge in [-0.25, -0.2) is 4.39 Å². The normalized spacial score (nSPS) is 10.4. The predicted molar refractivity (Wildman–Crippen MR) is 123 cm³/mol. The molecule has 0 saturated heterocycles. The Hall–Kier alpha value is -4.93. The second kappa shape index (κ2) is 10.8. The zero-order valence-electron chi connectivity index (χ0n) is 18.3. The van der Waals surface area contributed by atoms with E-state index >= 15 is 0 Å². The molecule has 1 aromatic heterocycles. The molecule has 4 aromatic rings. The summed E-state index contributed by atoms with van der Waals surface area (Å²) >= 11 is 0. The van der Waals surface area contributed by atoms with Gasteiger partial charge in [-0.1, -0.05) is 54.6 Å². The Labute approximate surface area is 199 Å². The third-order valence-electron chi connectivity index (χ3n) is 4.87. The van der Waals surface area contributed by atoms with Crippen molar-refractivity contribution >= 4 is 17.7 Å². The summed E-state index contributed by atoms with van der Waals surface area (Å²) in [4.78, 5) is 37.6. The summed E-state index contributed by atoms with van der Waals surface area (Å²) in [6.07, 6.45) is 0. The monoisotopic (exact) mass is 473 g/mol. The lowest BCUT2D eigenvalue weighted by Gasteiger charge is -2.09. The molecule has 10 nitrogen and oxygen atoms in total. The SMILES string of the molecule is O=C(CNC(=O)c1ccccc1F)NNC(=O)c1ccc(Cn2nnc(-c3ccccc3)n2)cc1. The molecule has 0 aliphatic heterocycles. The molecule has 0 fully saturated rings. The van der Waals surface area contributed by atoms with E-state index in [9.17, 15) is 18.8 Å². The number of amides is 3. The van der Waals surface area contributed by atoms with Crippen LogP contribution in [0, 0.1) is 5.82 Å². The van der Waals surface area contributed by atoms with Crippen molar-refractivity contribution in [2.75, 3.05) is 6.54 Å². The Morgan fingerprint density at radius 2 is 1.54 bits per heavy atom. The van der Waals surface area contributed by atoms with Crippen LogP contribution in [-0.4, -0.2) is 44.5 Å². The van der Waals surface area contributed by atoms with E-state index < -0.39 is 30.1 Å². The number of benzene rings is 3. The molecule has 0 unspecified atom stereocenters. The van der Waals surface area contributed by atoms with Gasteiger partial charge in [0.15, 0.2) is 0 Å². The summed E-state index contributed by atoms with van der Waals surface area (Å²) in [5.41, 5.74) is 6.29. The Morgan fingerprint density at radius 1 is 0.829 bits per heavy atom. The maximum Gasteiger partial charge on any atom is 0.269 e. The van der Waals surface area contributed by atoms with Crippen LogP contribution in [0.3, 0.4) is 0 Å². The molecule has 0 aliphatic carbocycles. The molecule has 0 spiro atoms. The topological polar surface area (TPSA) is 131 Å². The lowest BCUT2D eigenvalue weighted by atomic mass is 10.1. The van der Waals surface area contributed by atoms with Crippen molar-refractivity contribution in [3.05, 3.63) is 101 Å². The Kier molecular flexibility index (Phi) is 7.16. The Morgan fingerprint density at radius 3 is 2.29 bits per heavy atom. The molecular formula is C24H20FN7O3. The van der Waals surface area contributed by atoms with Gasteiger partial charge >= 0.3 is 0 Å². The number of tetrazole rings is 1. The van der Waals surface area contributed by atoms with Crippen LogP contribution in [0.25, 0.3) is 11.4 Å². The van der Waals surface area contributed by atoms with Crippen molar-refractivity contribution in [3.63, 3.8) is 0 Å². The fourth-order valence-electron chi connectivity index (χ4n) is 3.08. The number of carbonyl (C=O) groups is 3. The molecular weight excluding hydrogens is 453 g/mol. The largest absolute Gasteiger partial charge is 0.343 e. The summed E-state index contributed by atoms with van der Waals surface area (Å²) in [6, 6.07) is 21.5. The van der Waals surface area contributed by atoms with E-state index in [2.05, 4.69) is 31.6 Å². The van der Waals surface area contributed by atoms with Crippen LogP contribution in [0.2, 0.25) is 0 Å². The van der Waals surface area contributed by atoms with Crippen molar-refractivity contribution in [1.29, 1.82) is 0 Å². The van der Waals surface area contributed by atoms with E-state index in [1.54, 1.807) is 24.3 Å². The molecule has 0 radical (unpaired) electrons. The van der Waals surface area contributed by atoms with E-state index in [0.29, 0.717) is 17.9 Å². The van der Waals surface area contributed by atoms with E-state index in [1.807, 2.05) is 30.3 Å². The van der Waals surface area contributed by atoms with E-state index in [-0.39, 0.29) is 5.56 Å². The average molecular weight is 473 g/mol. The number of halogens is 1. The van der Waals surface area contributed by atoms with Crippen LogP contribution < -0.4 is 16.2 Å². The first-order valence-corrected chi connectivity index (χ1v) is 10.5. The minimum atomic E-state index is -0.738. The molecule has 176 valence electrons. The minimum Gasteiger partial charge on any atom is -0.343 e. The second-order valence-corrected chi connectivity index (χ2v) is 7.37. The number of rotatable bonds is 7. The van der Waals surface area contributed by atoms with Gasteiger partial charge in [-0.3, -0.25) is 25.2 Å². The standard InChI is InChI=1S/C24H20FN7O3/c25-20-9-5-4-8-19(20)24(35)26-14-21(33)27-29-23(34)18-12-10-16(11-13-18)15-32-30-22(28-31-32)17-6-2-1-3-7-17/h1-13H,14-15H2,(H,26,35)(H,27,33)(H,29,34). The molecule has 4 rings (SSSR count). The van der Waals surface area contributed by atoms with Crippen LogP contribution >= 0.6 is 0 Å².